The van der Waals surface area contributed by atoms with Crippen molar-refractivity contribution in [1.82, 2.24) is 4.98 Å². The molecule has 2 heterocycles. The zero-order chi connectivity index (χ0) is 11.0. The lowest BCUT2D eigenvalue weighted by atomic mass is 10.1. The van der Waals surface area contributed by atoms with E-state index in [1.807, 2.05) is 6.20 Å². The topological polar surface area (TPSA) is 16.1 Å². The fourth-order valence-electron chi connectivity index (χ4n) is 1.77. The molecule has 1 saturated heterocycles. The van der Waals surface area contributed by atoms with Gasteiger partial charge in [0.1, 0.15) is 0 Å². The van der Waals surface area contributed by atoms with Crippen molar-refractivity contribution in [2.75, 3.05) is 18.0 Å². The highest BCUT2D eigenvalue weighted by Crippen LogP contribution is 2.32. The molecular formula is C13H14N2S. The van der Waals surface area contributed by atoms with Gasteiger partial charge in [-0.05, 0) is 18.9 Å². The average Bonchev–Trinajstić information content (AvgIpc) is 2.65. The Morgan fingerprint density at radius 2 is 1.94 bits per heavy atom. The lowest BCUT2D eigenvalue weighted by molar-refractivity contribution is 0.616. The number of hydrogen-bond donors (Lipinski definition) is 0. The molecule has 0 N–H and O–H groups in total. The second kappa shape index (κ2) is 3.91. The summed E-state index contributed by atoms with van der Waals surface area (Å²) in [5, 5.41) is 1.17. The SMILES string of the molecule is Cc1ccc(-c2cnc(N3CCC3)s2)cc1. The summed E-state index contributed by atoms with van der Waals surface area (Å²) in [5.41, 5.74) is 2.58. The molecule has 2 nitrogen and oxygen atoms in total. The molecule has 0 amide bonds. The van der Waals surface area contributed by atoms with Crippen LogP contribution < -0.4 is 4.90 Å². The van der Waals surface area contributed by atoms with Crippen LogP contribution in [-0.2, 0) is 0 Å². The van der Waals surface area contributed by atoms with E-state index in [0.717, 1.165) is 0 Å². The summed E-state index contributed by atoms with van der Waals surface area (Å²) < 4.78 is 0. The maximum Gasteiger partial charge on any atom is 0.185 e. The van der Waals surface area contributed by atoms with E-state index in [9.17, 15) is 0 Å². The Kier molecular flexibility index (Phi) is 2.40. The molecule has 1 aromatic heterocycles. The molecule has 1 aliphatic heterocycles. The van der Waals surface area contributed by atoms with E-state index >= 15 is 0 Å². The molecule has 1 aliphatic rings. The molecule has 2 aromatic rings. The number of thiazole rings is 1. The first-order valence-electron chi connectivity index (χ1n) is 5.61. The van der Waals surface area contributed by atoms with Crippen LogP contribution >= 0.6 is 11.3 Å². The maximum atomic E-state index is 4.48. The Bertz CT molecular complexity index is 483. The summed E-state index contributed by atoms with van der Waals surface area (Å²) in [4.78, 5) is 8.08. The van der Waals surface area contributed by atoms with Gasteiger partial charge in [0.25, 0.3) is 0 Å². The summed E-state index contributed by atoms with van der Waals surface area (Å²) in [5.74, 6) is 0. The van der Waals surface area contributed by atoms with Crippen LogP contribution in [0.4, 0.5) is 5.13 Å². The van der Waals surface area contributed by atoms with Gasteiger partial charge in [-0.25, -0.2) is 4.98 Å². The van der Waals surface area contributed by atoms with Crippen molar-refractivity contribution in [3.8, 4) is 10.4 Å². The predicted molar refractivity (Wildman–Crippen MR) is 69.1 cm³/mol. The Hall–Kier alpha value is -1.35. The van der Waals surface area contributed by atoms with Gasteiger partial charge in [-0.3, -0.25) is 0 Å². The van der Waals surface area contributed by atoms with Gasteiger partial charge in [-0.2, -0.15) is 0 Å². The van der Waals surface area contributed by atoms with Crippen LogP contribution in [0.15, 0.2) is 30.5 Å². The summed E-state index contributed by atoms with van der Waals surface area (Å²) in [7, 11) is 0. The van der Waals surface area contributed by atoms with Gasteiger partial charge in [-0.15, -0.1) is 0 Å². The van der Waals surface area contributed by atoms with E-state index in [0.29, 0.717) is 0 Å². The quantitative estimate of drug-likeness (QED) is 0.786. The van der Waals surface area contributed by atoms with Gasteiger partial charge in [0.2, 0.25) is 0 Å². The van der Waals surface area contributed by atoms with Crippen LogP contribution in [-0.4, -0.2) is 18.1 Å². The van der Waals surface area contributed by atoms with Crippen molar-refractivity contribution < 1.29 is 0 Å². The lowest BCUT2D eigenvalue weighted by Crippen LogP contribution is -2.36. The number of anilines is 1. The smallest absolute Gasteiger partial charge is 0.185 e. The number of aromatic nitrogens is 1. The largest absolute Gasteiger partial charge is 0.348 e. The van der Waals surface area contributed by atoms with Crippen molar-refractivity contribution in [3.63, 3.8) is 0 Å². The van der Waals surface area contributed by atoms with E-state index in [-0.39, 0.29) is 0 Å². The van der Waals surface area contributed by atoms with Crippen molar-refractivity contribution in [2.45, 2.75) is 13.3 Å². The standard InChI is InChI=1S/C13H14N2S/c1-10-3-5-11(6-4-10)12-9-14-13(16-12)15-7-2-8-15/h3-6,9H,2,7-8H2,1H3. The van der Waals surface area contributed by atoms with Crippen LogP contribution in [0.1, 0.15) is 12.0 Å². The number of nitrogens with zero attached hydrogens (tertiary/aromatic N) is 2. The molecule has 0 atom stereocenters. The van der Waals surface area contributed by atoms with Crippen molar-refractivity contribution in [1.29, 1.82) is 0 Å². The Balaban J connectivity index is 1.88. The van der Waals surface area contributed by atoms with E-state index in [2.05, 4.69) is 41.1 Å². The molecule has 0 saturated carbocycles. The first kappa shape index (κ1) is 9.85. The minimum Gasteiger partial charge on any atom is -0.348 e. The van der Waals surface area contributed by atoms with Gasteiger partial charge in [-0.1, -0.05) is 41.2 Å². The molecular weight excluding hydrogens is 216 g/mol. The molecule has 1 fully saturated rings. The van der Waals surface area contributed by atoms with Gasteiger partial charge in [0.05, 0.1) is 4.88 Å². The van der Waals surface area contributed by atoms with E-state index in [4.69, 9.17) is 0 Å². The monoisotopic (exact) mass is 230 g/mol. The number of rotatable bonds is 2. The molecule has 1 aromatic carbocycles. The fourth-order valence-corrected chi connectivity index (χ4v) is 2.74. The van der Waals surface area contributed by atoms with Crippen molar-refractivity contribution in [3.05, 3.63) is 36.0 Å². The zero-order valence-corrected chi connectivity index (χ0v) is 10.1. The molecule has 82 valence electrons. The fraction of sp³-hybridized carbons (Fsp3) is 0.308. The van der Waals surface area contributed by atoms with E-state index in [1.165, 1.54) is 40.6 Å². The molecule has 0 unspecified atom stereocenters. The highest BCUT2D eigenvalue weighted by Gasteiger charge is 2.17. The van der Waals surface area contributed by atoms with Crippen LogP contribution in [0.25, 0.3) is 10.4 Å². The Labute approximate surface area is 99.6 Å². The van der Waals surface area contributed by atoms with Gasteiger partial charge in [0, 0.05) is 19.3 Å². The molecule has 0 radical (unpaired) electrons. The third kappa shape index (κ3) is 1.71. The first-order chi connectivity index (χ1) is 7.83. The number of benzene rings is 1. The van der Waals surface area contributed by atoms with Crippen LogP contribution in [0.2, 0.25) is 0 Å². The predicted octanol–water partition coefficient (Wildman–Crippen LogP) is 3.33. The molecule has 0 bridgehead atoms. The minimum atomic E-state index is 1.17. The Morgan fingerprint density at radius 1 is 1.19 bits per heavy atom. The second-order valence-electron chi connectivity index (χ2n) is 4.21. The lowest BCUT2D eigenvalue weighted by Gasteiger charge is -2.30. The summed E-state index contributed by atoms with van der Waals surface area (Å²) in [6, 6.07) is 8.64. The molecule has 16 heavy (non-hydrogen) atoms. The van der Waals surface area contributed by atoms with Crippen LogP contribution in [0.3, 0.4) is 0 Å². The zero-order valence-electron chi connectivity index (χ0n) is 9.31. The molecule has 3 heteroatoms. The minimum absolute atomic E-state index is 1.17. The molecule has 3 rings (SSSR count). The number of hydrogen-bond acceptors (Lipinski definition) is 3. The molecule has 0 spiro atoms. The van der Waals surface area contributed by atoms with Crippen LogP contribution in [0.5, 0.6) is 0 Å². The van der Waals surface area contributed by atoms with Crippen molar-refractivity contribution in [2.24, 2.45) is 0 Å². The van der Waals surface area contributed by atoms with E-state index in [1.54, 1.807) is 11.3 Å². The number of aryl methyl sites for hydroxylation is 1. The Morgan fingerprint density at radius 3 is 2.56 bits per heavy atom. The van der Waals surface area contributed by atoms with Gasteiger partial charge in [0.15, 0.2) is 5.13 Å². The third-order valence-corrected chi connectivity index (χ3v) is 4.06. The summed E-state index contributed by atoms with van der Waals surface area (Å²) >= 11 is 1.79. The maximum absolute atomic E-state index is 4.48. The van der Waals surface area contributed by atoms with Gasteiger partial charge < -0.3 is 4.90 Å². The van der Waals surface area contributed by atoms with Gasteiger partial charge >= 0.3 is 0 Å². The van der Waals surface area contributed by atoms with Crippen molar-refractivity contribution >= 4 is 16.5 Å². The third-order valence-electron chi connectivity index (χ3n) is 2.96. The first-order valence-corrected chi connectivity index (χ1v) is 6.42. The summed E-state index contributed by atoms with van der Waals surface area (Å²) in [6.45, 7) is 4.45. The molecule has 0 aliphatic carbocycles. The average molecular weight is 230 g/mol. The van der Waals surface area contributed by atoms with E-state index < -0.39 is 0 Å². The summed E-state index contributed by atoms with van der Waals surface area (Å²) in [6.07, 6.45) is 3.29. The highest BCUT2D eigenvalue weighted by atomic mass is 32.1. The second-order valence-corrected chi connectivity index (χ2v) is 5.22. The van der Waals surface area contributed by atoms with Crippen LogP contribution in [0, 0.1) is 6.92 Å². The normalized spacial score (nSPS) is 14.9. The highest BCUT2D eigenvalue weighted by molar-refractivity contribution is 7.18.